The molecule has 0 spiro atoms. The molecule has 0 unspecified atom stereocenters. The molecule has 0 radical (unpaired) electrons. The summed E-state index contributed by atoms with van der Waals surface area (Å²) < 4.78 is 0. The van der Waals surface area contributed by atoms with E-state index in [0.29, 0.717) is 0 Å². The lowest BCUT2D eigenvalue weighted by Gasteiger charge is -2.25. The second-order valence-corrected chi connectivity index (χ2v) is 20.3. The number of aromatic hydroxyl groups is 2. The van der Waals surface area contributed by atoms with Crippen LogP contribution in [0.3, 0.4) is 0 Å². The Morgan fingerprint density at radius 2 is 0.800 bits per heavy atom. The third-order valence-corrected chi connectivity index (χ3v) is 9.97. The minimum atomic E-state index is -1.67. The van der Waals surface area contributed by atoms with Crippen molar-refractivity contribution in [3.63, 3.8) is 0 Å². The summed E-state index contributed by atoms with van der Waals surface area (Å²) in [7, 11) is -3.34. The highest BCUT2D eigenvalue weighted by Crippen LogP contribution is 2.44. The van der Waals surface area contributed by atoms with Crippen LogP contribution >= 0.6 is 0 Å². The Morgan fingerprint density at radius 3 is 1.10 bits per heavy atom. The SMILES string of the molecule is C[Si](C)(C)c1cc(O)c(-c2c(O)cc([Si](C)(C)C)c3ccccc23)c2ccccc12. The van der Waals surface area contributed by atoms with Crippen molar-refractivity contribution in [2.75, 3.05) is 0 Å². The van der Waals surface area contributed by atoms with Crippen molar-refractivity contribution >= 4 is 48.1 Å². The van der Waals surface area contributed by atoms with Crippen LogP contribution in [0.25, 0.3) is 32.7 Å². The Labute approximate surface area is 180 Å². The first kappa shape index (κ1) is 20.7. The van der Waals surface area contributed by atoms with Gasteiger partial charge in [-0.15, -0.1) is 0 Å². The first-order valence-corrected chi connectivity index (χ1v) is 17.5. The van der Waals surface area contributed by atoms with Crippen molar-refractivity contribution in [2.24, 2.45) is 0 Å². The molecule has 0 aliphatic carbocycles. The molecule has 0 aliphatic heterocycles. The molecule has 4 aromatic rings. The standard InChI is InChI=1S/C26H30O2Si2/c1-29(2,3)23-15-21(27)25(19-13-9-7-11-17(19)23)26-20-14-10-8-12-18(20)24(16-22(26)28)30(4,5)6/h7-16,27-28H,1-6H3. The van der Waals surface area contributed by atoms with Gasteiger partial charge in [0, 0.05) is 11.1 Å². The predicted molar refractivity (Wildman–Crippen MR) is 136 cm³/mol. The van der Waals surface area contributed by atoms with Crippen LogP contribution in [0.1, 0.15) is 0 Å². The number of fused-ring (bicyclic) bond motifs is 2. The van der Waals surface area contributed by atoms with Crippen LogP contribution in [0.5, 0.6) is 11.5 Å². The normalized spacial score (nSPS) is 12.6. The van der Waals surface area contributed by atoms with Crippen LogP contribution in [-0.2, 0) is 0 Å². The highest BCUT2D eigenvalue weighted by molar-refractivity contribution is 6.91. The number of rotatable bonds is 3. The van der Waals surface area contributed by atoms with E-state index in [9.17, 15) is 10.2 Å². The fraction of sp³-hybridized carbons (Fsp3) is 0.231. The molecule has 0 heterocycles. The second kappa shape index (κ2) is 7.00. The van der Waals surface area contributed by atoms with Crippen LogP contribution in [0.2, 0.25) is 39.3 Å². The van der Waals surface area contributed by atoms with Crippen LogP contribution in [0.15, 0.2) is 60.7 Å². The zero-order valence-electron chi connectivity index (χ0n) is 18.7. The average Bonchev–Trinajstić information content (AvgIpc) is 2.66. The third kappa shape index (κ3) is 3.34. The van der Waals surface area contributed by atoms with Gasteiger partial charge in [-0.3, -0.25) is 0 Å². The molecule has 0 saturated carbocycles. The Hall–Kier alpha value is -2.57. The molecule has 4 rings (SSSR count). The van der Waals surface area contributed by atoms with Gasteiger partial charge < -0.3 is 10.2 Å². The van der Waals surface area contributed by atoms with E-state index in [-0.39, 0.29) is 11.5 Å². The van der Waals surface area contributed by atoms with Crippen molar-refractivity contribution < 1.29 is 10.2 Å². The Kier molecular flexibility index (Phi) is 4.83. The summed E-state index contributed by atoms with van der Waals surface area (Å²) in [5.74, 6) is 0.486. The number of benzene rings is 4. The minimum Gasteiger partial charge on any atom is -0.507 e. The lowest BCUT2D eigenvalue weighted by molar-refractivity contribution is 0.470. The molecule has 0 saturated heterocycles. The van der Waals surface area contributed by atoms with E-state index in [2.05, 4.69) is 75.7 Å². The fourth-order valence-corrected chi connectivity index (χ4v) is 7.68. The maximum Gasteiger partial charge on any atom is 0.124 e. The Balaban J connectivity index is 2.18. The summed E-state index contributed by atoms with van der Waals surface area (Å²) in [4.78, 5) is 0. The Bertz CT molecular complexity index is 1180. The quantitative estimate of drug-likeness (QED) is 0.382. The van der Waals surface area contributed by atoms with Crippen molar-refractivity contribution in [3.05, 3.63) is 60.7 Å². The van der Waals surface area contributed by atoms with Gasteiger partial charge >= 0.3 is 0 Å². The summed E-state index contributed by atoms with van der Waals surface area (Å²) in [6.07, 6.45) is 0. The van der Waals surface area contributed by atoms with Gasteiger partial charge in [-0.25, -0.2) is 0 Å². The van der Waals surface area contributed by atoms with E-state index in [4.69, 9.17) is 0 Å². The fourth-order valence-electron chi connectivity index (χ4n) is 4.49. The van der Waals surface area contributed by atoms with Gasteiger partial charge in [0.2, 0.25) is 0 Å². The van der Waals surface area contributed by atoms with Gasteiger partial charge in [-0.05, 0) is 44.1 Å². The molecule has 4 aromatic carbocycles. The van der Waals surface area contributed by atoms with Gasteiger partial charge in [0.05, 0.1) is 16.1 Å². The van der Waals surface area contributed by atoms with Crippen molar-refractivity contribution in [3.8, 4) is 22.6 Å². The Morgan fingerprint density at radius 1 is 0.500 bits per heavy atom. The molecule has 0 bridgehead atoms. The van der Waals surface area contributed by atoms with Crippen LogP contribution < -0.4 is 10.4 Å². The van der Waals surface area contributed by atoms with E-state index in [0.717, 1.165) is 21.9 Å². The van der Waals surface area contributed by atoms with Crippen LogP contribution in [-0.4, -0.2) is 26.4 Å². The highest BCUT2D eigenvalue weighted by Gasteiger charge is 2.27. The predicted octanol–water partition coefficient (Wildman–Crippen LogP) is 6.16. The van der Waals surface area contributed by atoms with Gasteiger partial charge in [0.15, 0.2) is 0 Å². The molecule has 30 heavy (non-hydrogen) atoms. The van der Waals surface area contributed by atoms with E-state index in [1.807, 2.05) is 24.3 Å². The van der Waals surface area contributed by atoms with Gasteiger partial charge in [-0.1, -0.05) is 87.8 Å². The summed E-state index contributed by atoms with van der Waals surface area (Å²) in [6.45, 7) is 13.8. The van der Waals surface area contributed by atoms with Crippen LogP contribution in [0.4, 0.5) is 0 Å². The highest BCUT2D eigenvalue weighted by atomic mass is 28.3. The van der Waals surface area contributed by atoms with E-state index < -0.39 is 16.1 Å². The molecule has 0 atom stereocenters. The smallest absolute Gasteiger partial charge is 0.124 e. The molecule has 2 N–H and O–H groups in total. The van der Waals surface area contributed by atoms with Gasteiger partial charge in [0.1, 0.15) is 11.5 Å². The lowest BCUT2D eigenvalue weighted by Crippen LogP contribution is -2.38. The average molecular weight is 431 g/mol. The number of phenols is 2. The lowest BCUT2D eigenvalue weighted by atomic mass is 9.92. The maximum atomic E-state index is 11.2. The van der Waals surface area contributed by atoms with Gasteiger partial charge in [0.25, 0.3) is 0 Å². The first-order chi connectivity index (χ1) is 14.0. The summed E-state index contributed by atoms with van der Waals surface area (Å²) in [6, 6.07) is 20.4. The summed E-state index contributed by atoms with van der Waals surface area (Å²) >= 11 is 0. The molecule has 154 valence electrons. The first-order valence-electron chi connectivity index (χ1n) is 10.5. The molecule has 2 nitrogen and oxygen atoms in total. The van der Waals surface area contributed by atoms with Crippen molar-refractivity contribution in [1.29, 1.82) is 0 Å². The summed E-state index contributed by atoms with van der Waals surface area (Å²) in [5, 5.41) is 29.3. The zero-order chi connectivity index (χ0) is 21.8. The molecule has 0 aromatic heterocycles. The molecular weight excluding hydrogens is 400 g/mol. The minimum absolute atomic E-state index is 0.243. The third-order valence-electron chi connectivity index (χ3n) is 5.91. The number of hydrogen-bond acceptors (Lipinski definition) is 2. The number of phenolic OH excluding ortho intramolecular Hbond substituents is 2. The summed E-state index contributed by atoms with van der Waals surface area (Å²) in [5.41, 5.74) is 1.45. The maximum absolute atomic E-state index is 11.2. The van der Waals surface area contributed by atoms with Gasteiger partial charge in [-0.2, -0.15) is 0 Å². The van der Waals surface area contributed by atoms with E-state index in [1.54, 1.807) is 0 Å². The zero-order valence-corrected chi connectivity index (χ0v) is 20.7. The van der Waals surface area contributed by atoms with E-state index >= 15 is 0 Å². The number of hydrogen-bond donors (Lipinski definition) is 2. The molecular formula is C26H30O2Si2. The molecule has 4 heteroatoms. The largest absolute Gasteiger partial charge is 0.507 e. The van der Waals surface area contributed by atoms with Crippen LogP contribution in [0, 0.1) is 0 Å². The monoisotopic (exact) mass is 430 g/mol. The van der Waals surface area contributed by atoms with E-state index in [1.165, 1.54) is 21.1 Å². The second-order valence-electron chi connectivity index (χ2n) is 10.2. The van der Waals surface area contributed by atoms with Crippen molar-refractivity contribution in [2.45, 2.75) is 39.3 Å². The molecule has 0 fully saturated rings. The molecule has 0 amide bonds. The molecule has 0 aliphatic rings. The topological polar surface area (TPSA) is 40.5 Å². The van der Waals surface area contributed by atoms with Crippen molar-refractivity contribution in [1.82, 2.24) is 0 Å².